The summed E-state index contributed by atoms with van der Waals surface area (Å²) >= 11 is 6.06. The van der Waals surface area contributed by atoms with E-state index in [2.05, 4.69) is 14.8 Å². The fraction of sp³-hybridized carbons (Fsp3) is 0.188. The molecule has 0 spiro atoms. The van der Waals surface area contributed by atoms with E-state index in [4.69, 9.17) is 11.6 Å². The molecule has 0 atom stereocenters. The monoisotopic (exact) mass is 422 g/mol. The molecule has 1 amide bonds. The van der Waals surface area contributed by atoms with E-state index in [0.717, 1.165) is 18.4 Å². The molecule has 0 bridgehead atoms. The van der Waals surface area contributed by atoms with Crippen molar-refractivity contribution in [3.8, 4) is 5.75 Å². The lowest BCUT2D eigenvalue weighted by Crippen LogP contribution is -2.23. The van der Waals surface area contributed by atoms with E-state index in [-0.39, 0.29) is 22.8 Å². The van der Waals surface area contributed by atoms with Crippen LogP contribution in [0.25, 0.3) is 0 Å². The number of hydrogen-bond donors (Lipinski definition) is 2. The van der Waals surface area contributed by atoms with Crippen molar-refractivity contribution in [1.82, 2.24) is 5.32 Å². The van der Waals surface area contributed by atoms with Crippen LogP contribution in [-0.2, 0) is 16.6 Å². The second-order valence-corrected chi connectivity index (χ2v) is 7.59. The quantitative estimate of drug-likeness (QED) is 0.745. The first-order chi connectivity index (χ1) is 12.4. The van der Waals surface area contributed by atoms with Crippen LogP contribution in [-0.4, -0.2) is 26.9 Å². The third kappa shape index (κ3) is 6.99. The summed E-state index contributed by atoms with van der Waals surface area (Å²) in [4.78, 5) is 12.1. The summed E-state index contributed by atoms with van der Waals surface area (Å²) in [7, 11) is -3.44. The van der Waals surface area contributed by atoms with Crippen molar-refractivity contribution < 1.29 is 31.1 Å². The SMILES string of the molecule is CS(=O)(=O)Nc1ccc(CNC(=O)c2ccc(OC(F)(F)F)cc2)c(Cl)c1. The summed E-state index contributed by atoms with van der Waals surface area (Å²) in [6, 6.07) is 8.86. The highest BCUT2D eigenvalue weighted by Gasteiger charge is 2.31. The molecule has 0 saturated carbocycles. The van der Waals surface area contributed by atoms with Gasteiger partial charge in [0, 0.05) is 22.8 Å². The zero-order valence-corrected chi connectivity index (χ0v) is 15.4. The number of anilines is 1. The number of rotatable bonds is 6. The Balaban J connectivity index is 1.99. The maximum Gasteiger partial charge on any atom is 0.573 e. The van der Waals surface area contributed by atoms with E-state index in [1.807, 2.05) is 0 Å². The second-order valence-electron chi connectivity index (χ2n) is 5.44. The summed E-state index contributed by atoms with van der Waals surface area (Å²) in [5.74, 6) is -0.959. The number of ether oxygens (including phenoxy) is 1. The van der Waals surface area contributed by atoms with E-state index in [1.54, 1.807) is 0 Å². The van der Waals surface area contributed by atoms with Gasteiger partial charge in [-0.2, -0.15) is 0 Å². The number of sulfonamides is 1. The van der Waals surface area contributed by atoms with E-state index in [1.165, 1.54) is 30.3 Å². The maximum absolute atomic E-state index is 12.1. The second kappa shape index (κ2) is 8.05. The van der Waals surface area contributed by atoms with Gasteiger partial charge < -0.3 is 10.1 Å². The third-order valence-corrected chi connectivity index (χ3v) is 4.10. The number of benzene rings is 2. The van der Waals surface area contributed by atoms with Crippen LogP contribution < -0.4 is 14.8 Å². The summed E-state index contributed by atoms with van der Waals surface area (Å²) in [5.41, 5.74) is 0.940. The Morgan fingerprint density at radius 1 is 1.15 bits per heavy atom. The zero-order valence-electron chi connectivity index (χ0n) is 13.8. The van der Waals surface area contributed by atoms with Crippen molar-refractivity contribution in [2.45, 2.75) is 12.9 Å². The molecule has 0 aliphatic rings. The molecule has 146 valence electrons. The number of amides is 1. The Morgan fingerprint density at radius 2 is 1.78 bits per heavy atom. The molecule has 27 heavy (non-hydrogen) atoms. The lowest BCUT2D eigenvalue weighted by atomic mass is 10.1. The Hall–Kier alpha value is -2.46. The number of carbonyl (C=O) groups is 1. The van der Waals surface area contributed by atoms with Crippen LogP contribution in [0.2, 0.25) is 5.02 Å². The van der Waals surface area contributed by atoms with Gasteiger partial charge in [-0.1, -0.05) is 17.7 Å². The Morgan fingerprint density at radius 3 is 2.30 bits per heavy atom. The molecule has 2 rings (SSSR count). The molecule has 0 radical (unpaired) electrons. The Kier molecular flexibility index (Phi) is 6.22. The average molecular weight is 423 g/mol. The zero-order chi connectivity index (χ0) is 20.2. The van der Waals surface area contributed by atoms with Crippen LogP contribution in [0.5, 0.6) is 5.75 Å². The van der Waals surface area contributed by atoms with Crippen molar-refractivity contribution in [2.24, 2.45) is 0 Å². The molecule has 0 aliphatic heterocycles. The van der Waals surface area contributed by atoms with Gasteiger partial charge in [-0.05, 0) is 42.0 Å². The molecular weight excluding hydrogens is 409 g/mol. The first kappa shape index (κ1) is 20.8. The maximum atomic E-state index is 12.1. The predicted molar refractivity (Wildman–Crippen MR) is 94.2 cm³/mol. The van der Waals surface area contributed by atoms with Crippen molar-refractivity contribution in [1.29, 1.82) is 0 Å². The van der Waals surface area contributed by atoms with Crippen molar-refractivity contribution >= 4 is 33.2 Å². The molecule has 11 heteroatoms. The Labute approximate surface area is 158 Å². The molecule has 0 aromatic heterocycles. The minimum absolute atomic E-state index is 0.0393. The molecule has 2 aromatic rings. The number of carbonyl (C=O) groups excluding carboxylic acids is 1. The van der Waals surface area contributed by atoms with Gasteiger partial charge in [0.1, 0.15) is 5.75 Å². The molecule has 2 N–H and O–H groups in total. The van der Waals surface area contributed by atoms with E-state index >= 15 is 0 Å². The fourth-order valence-electron chi connectivity index (χ4n) is 2.05. The van der Waals surface area contributed by atoms with Gasteiger partial charge in [0.25, 0.3) is 5.91 Å². The van der Waals surface area contributed by atoms with E-state index in [9.17, 15) is 26.4 Å². The summed E-state index contributed by atoms with van der Waals surface area (Å²) in [5, 5.41) is 2.80. The van der Waals surface area contributed by atoms with Gasteiger partial charge in [0.2, 0.25) is 10.0 Å². The highest BCUT2D eigenvalue weighted by Crippen LogP contribution is 2.23. The van der Waals surface area contributed by atoms with Crippen LogP contribution in [0.15, 0.2) is 42.5 Å². The van der Waals surface area contributed by atoms with Crippen LogP contribution in [0, 0.1) is 0 Å². The summed E-state index contributed by atoms with van der Waals surface area (Å²) in [6.45, 7) is 0.0393. The Bertz CT molecular complexity index is 932. The van der Waals surface area contributed by atoms with Gasteiger partial charge in [0.15, 0.2) is 0 Å². The average Bonchev–Trinajstić information content (AvgIpc) is 2.51. The van der Waals surface area contributed by atoms with Crippen molar-refractivity contribution in [3.05, 3.63) is 58.6 Å². The number of hydrogen-bond acceptors (Lipinski definition) is 4. The lowest BCUT2D eigenvalue weighted by Gasteiger charge is -2.11. The first-order valence-corrected chi connectivity index (χ1v) is 9.60. The van der Waals surface area contributed by atoms with Crippen LogP contribution in [0.1, 0.15) is 15.9 Å². The fourth-order valence-corrected chi connectivity index (χ4v) is 2.86. The minimum Gasteiger partial charge on any atom is -0.406 e. The minimum atomic E-state index is -4.81. The topological polar surface area (TPSA) is 84.5 Å². The predicted octanol–water partition coefficient (Wildman–Crippen LogP) is 3.54. The number of halogens is 4. The normalized spacial score (nSPS) is 11.7. The number of nitrogens with one attached hydrogen (secondary N) is 2. The van der Waals surface area contributed by atoms with E-state index in [0.29, 0.717) is 5.56 Å². The van der Waals surface area contributed by atoms with Gasteiger partial charge >= 0.3 is 6.36 Å². The molecule has 0 heterocycles. The van der Waals surface area contributed by atoms with Crippen LogP contribution in [0.4, 0.5) is 18.9 Å². The third-order valence-electron chi connectivity index (χ3n) is 3.15. The molecule has 2 aromatic carbocycles. The smallest absolute Gasteiger partial charge is 0.406 e. The summed E-state index contributed by atoms with van der Waals surface area (Å²) < 4.78 is 64.7. The van der Waals surface area contributed by atoms with E-state index < -0.39 is 28.0 Å². The lowest BCUT2D eigenvalue weighted by molar-refractivity contribution is -0.274. The van der Waals surface area contributed by atoms with Gasteiger partial charge in [-0.15, -0.1) is 13.2 Å². The molecular formula is C16H14ClF3N2O4S. The van der Waals surface area contributed by atoms with Gasteiger partial charge in [-0.25, -0.2) is 8.42 Å². The highest BCUT2D eigenvalue weighted by atomic mass is 35.5. The molecule has 0 unspecified atom stereocenters. The number of alkyl halides is 3. The van der Waals surface area contributed by atoms with Crippen LogP contribution in [0.3, 0.4) is 0 Å². The highest BCUT2D eigenvalue weighted by molar-refractivity contribution is 7.92. The molecule has 0 fully saturated rings. The van der Waals surface area contributed by atoms with Crippen molar-refractivity contribution in [2.75, 3.05) is 11.0 Å². The van der Waals surface area contributed by atoms with Crippen molar-refractivity contribution in [3.63, 3.8) is 0 Å². The van der Waals surface area contributed by atoms with Crippen LogP contribution >= 0.6 is 11.6 Å². The largest absolute Gasteiger partial charge is 0.573 e. The van der Waals surface area contributed by atoms with Gasteiger partial charge in [0.05, 0.1) is 6.26 Å². The summed E-state index contributed by atoms with van der Waals surface area (Å²) in [6.07, 6.45) is -3.81. The van der Waals surface area contributed by atoms with Gasteiger partial charge in [-0.3, -0.25) is 9.52 Å². The molecule has 6 nitrogen and oxygen atoms in total. The standard InChI is InChI=1S/C16H14ClF3N2O4S/c1-27(24,25)22-12-5-2-11(14(17)8-12)9-21-15(23)10-3-6-13(7-4-10)26-16(18,19)20/h2-8,22H,9H2,1H3,(H,21,23). The molecule has 0 aliphatic carbocycles. The first-order valence-electron chi connectivity index (χ1n) is 7.33. The molecule has 0 saturated heterocycles.